The van der Waals surface area contributed by atoms with Gasteiger partial charge in [0.2, 0.25) is 0 Å². The Morgan fingerprint density at radius 2 is 2.12 bits per heavy atom. The molecule has 3 nitrogen and oxygen atoms in total. The number of morpholine rings is 1. The zero-order valence-corrected chi connectivity index (χ0v) is 11.6. The second-order valence-corrected chi connectivity index (χ2v) is 6.56. The van der Waals surface area contributed by atoms with Crippen LogP contribution < -0.4 is 5.73 Å². The zero-order chi connectivity index (χ0) is 12.5. The Labute approximate surface area is 106 Å². The van der Waals surface area contributed by atoms with E-state index in [1.165, 1.54) is 19.3 Å². The largest absolute Gasteiger partial charge is 0.373 e. The van der Waals surface area contributed by atoms with Gasteiger partial charge in [-0.1, -0.05) is 13.3 Å². The van der Waals surface area contributed by atoms with E-state index >= 15 is 0 Å². The van der Waals surface area contributed by atoms with Crippen LogP contribution >= 0.6 is 0 Å². The summed E-state index contributed by atoms with van der Waals surface area (Å²) >= 11 is 0. The maximum absolute atomic E-state index is 5.96. The Bertz CT molecular complexity index is 255. The van der Waals surface area contributed by atoms with Gasteiger partial charge in [0.05, 0.1) is 12.2 Å². The Morgan fingerprint density at radius 1 is 1.35 bits per heavy atom. The van der Waals surface area contributed by atoms with E-state index in [1.54, 1.807) is 0 Å². The Kier molecular flexibility index (Phi) is 4.11. The van der Waals surface area contributed by atoms with Crippen LogP contribution in [0, 0.1) is 11.8 Å². The predicted octanol–water partition coefficient (Wildman–Crippen LogP) is 1.86. The Balaban J connectivity index is 2.02. The lowest BCUT2D eigenvalue weighted by molar-refractivity contribution is -0.108. The summed E-state index contributed by atoms with van der Waals surface area (Å²) in [6.45, 7) is 10.6. The average Bonchev–Trinajstić information content (AvgIpc) is 2.27. The monoisotopic (exact) mass is 240 g/mol. The highest BCUT2D eigenvalue weighted by atomic mass is 16.5. The number of ether oxygens (including phenoxy) is 1. The topological polar surface area (TPSA) is 38.5 Å². The van der Waals surface area contributed by atoms with Crippen LogP contribution in [0.4, 0.5) is 0 Å². The molecule has 100 valence electrons. The molecule has 0 spiro atoms. The highest BCUT2D eigenvalue weighted by Crippen LogP contribution is 2.33. The first-order chi connectivity index (χ1) is 8.02. The van der Waals surface area contributed by atoms with Crippen molar-refractivity contribution in [2.45, 2.75) is 51.7 Å². The van der Waals surface area contributed by atoms with Crippen molar-refractivity contribution in [2.24, 2.45) is 17.6 Å². The molecule has 0 amide bonds. The minimum absolute atomic E-state index is 0.0120. The number of nitrogens with two attached hydrogens (primary N) is 1. The van der Waals surface area contributed by atoms with Gasteiger partial charge in [0.15, 0.2) is 0 Å². The molecule has 2 fully saturated rings. The van der Waals surface area contributed by atoms with Gasteiger partial charge in [-0.2, -0.15) is 0 Å². The molecule has 3 heteroatoms. The van der Waals surface area contributed by atoms with Gasteiger partial charge in [0.1, 0.15) is 0 Å². The van der Waals surface area contributed by atoms with E-state index in [0.717, 1.165) is 32.2 Å². The summed E-state index contributed by atoms with van der Waals surface area (Å²) in [5.74, 6) is 1.55. The van der Waals surface area contributed by atoms with Crippen LogP contribution in [-0.2, 0) is 4.74 Å². The molecule has 1 aliphatic heterocycles. The van der Waals surface area contributed by atoms with Crippen LogP contribution in [0.5, 0.6) is 0 Å². The summed E-state index contributed by atoms with van der Waals surface area (Å²) in [5, 5.41) is 0. The van der Waals surface area contributed by atoms with E-state index in [9.17, 15) is 0 Å². The van der Waals surface area contributed by atoms with Crippen molar-refractivity contribution < 1.29 is 4.74 Å². The fourth-order valence-corrected chi connectivity index (χ4v) is 3.47. The smallest absolute Gasteiger partial charge is 0.0753 e. The summed E-state index contributed by atoms with van der Waals surface area (Å²) in [6, 6.07) is 0.687. The number of hydrogen-bond donors (Lipinski definition) is 1. The molecule has 2 rings (SSSR count). The third kappa shape index (κ3) is 3.21. The number of hydrogen-bond acceptors (Lipinski definition) is 3. The lowest BCUT2D eigenvalue weighted by Gasteiger charge is -2.47. The van der Waals surface area contributed by atoms with Crippen molar-refractivity contribution in [1.82, 2.24) is 4.90 Å². The SMILES string of the molecule is CC1CCC(CN)C(N2CCOC(C)(C)C2)C1. The van der Waals surface area contributed by atoms with Gasteiger partial charge in [0, 0.05) is 19.1 Å². The summed E-state index contributed by atoms with van der Waals surface area (Å²) in [6.07, 6.45) is 3.98. The summed E-state index contributed by atoms with van der Waals surface area (Å²) in [5.41, 5.74) is 5.97. The minimum atomic E-state index is 0.0120. The van der Waals surface area contributed by atoms with E-state index < -0.39 is 0 Å². The van der Waals surface area contributed by atoms with E-state index in [2.05, 4.69) is 25.7 Å². The molecule has 0 aromatic rings. The average molecular weight is 240 g/mol. The van der Waals surface area contributed by atoms with Crippen molar-refractivity contribution in [3.8, 4) is 0 Å². The fraction of sp³-hybridized carbons (Fsp3) is 1.00. The van der Waals surface area contributed by atoms with Crippen molar-refractivity contribution in [3.05, 3.63) is 0 Å². The van der Waals surface area contributed by atoms with Crippen molar-refractivity contribution in [2.75, 3.05) is 26.2 Å². The van der Waals surface area contributed by atoms with E-state index in [-0.39, 0.29) is 5.60 Å². The standard InChI is InChI=1S/C14H28N2O/c1-11-4-5-12(9-15)13(8-11)16-6-7-17-14(2,3)10-16/h11-13H,4-10,15H2,1-3H3. The van der Waals surface area contributed by atoms with E-state index in [0.29, 0.717) is 12.0 Å². The van der Waals surface area contributed by atoms with Gasteiger partial charge < -0.3 is 10.5 Å². The molecular formula is C14H28N2O. The zero-order valence-electron chi connectivity index (χ0n) is 11.6. The minimum Gasteiger partial charge on any atom is -0.373 e. The predicted molar refractivity (Wildman–Crippen MR) is 71.0 cm³/mol. The van der Waals surface area contributed by atoms with Crippen LogP contribution in [0.25, 0.3) is 0 Å². The molecule has 0 bridgehead atoms. The third-order valence-corrected chi connectivity index (χ3v) is 4.45. The first-order valence-corrected chi connectivity index (χ1v) is 7.10. The molecule has 1 heterocycles. The second-order valence-electron chi connectivity index (χ2n) is 6.56. The van der Waals surface area contributed by atoms with Gasteiger partial charge in [-0.15, -0.1) is 0 Å². The molecule has 1 aliphatic carbocycles. The molecule has 3 unspecified atom stereocenters. The van der Waals surface area contributed by atoms with Gasteiger partial charge >= 0.3 is 0 Å². The summed E-state index contributed by atoms with van der Waals surface area (Å²) < 4.78 is 5.81. The quantitative estimate of drug-likeness (QED) is 0.800. The third-order valence-electron chi connectivity index (χ3n) is 4.45. The second kappa shape index (κ2) is 5.25. The number of nitrogens with zero attached hydrogens (tertiary/aromatic N) is 1. The van der Waals surface area contributed by atoms with Gasteiger partial charge in [0.25, 0.3) is 0 Å². The van der Waals surface area contributed by atoms with Gasteiger partial charge in [-0.3, -0.25) is 4.90 Å². The maximum Gasteiger partial charge on any atom is 0.0753 e. The maximum atomic E-state index is 5.96. The van der Waals surface area contributed by atoms with Gasteiger partial charge in [-0.25, -0.2) is 0 Å². The molecule has 0 radical (unpaired) electrons. The van der Waals surface area contributed by atoms with Crippen molar-refractivity contribution >= 4 is 0 Å². The highest BCUT2D eigenvalue weighted by molar-refractivity contribution is 4.90. The van der Waals surface area contributed by atoms with Gasteiger partial charge in [-0.05, 0) is 45.1 Å². The van der Waals surface area contributed by atoms with Crippen LogP contribution in [0.15, 0.2) is 0 Å². The molecule has 0 aromatic heterocycles. The number of rotatable bonds is 2. The van der Waals surface area contributed by atoms with Crippen molar-refractivity contribution in [1.29, 1.82) is 0 Å². The molecule has 3 atom stereocenters. The van der Waals surface area contributed by atoms with Crippen LogP contribution in [0.2, 0.25) is 0 Å². The van der Waals surface area contributed by atoms with Crippen LogP contribution in [0.3, 0.4) is 0 Å². The lowest BCUT2D eigenvalue weighted by Crippen LogP contribution is -2.56. The molecule has 1 saturated carbocycles. The first-order valence-electron chi connectivity index (χ1n) is 7.10. The summed E-state index contributed by atoms with van der Waals surface area (Å²) in [4.78, 5) is 2.64. The molecule has 2 N–H and O–H groups in total. The fourth-order valence-electron chi connectivity index (χ4n) is 3.47. The molecule has 17 heavy (non-hydrogen) atoms. The molecule has 2 aliphatic rings. The normalized spacial score (nSPS) is 39.2. The van der Waals surface area contributed by atoms with Crippen molar-refractivity contribution in [3.63, 3.8) is 0 Å². The molecule has 1 saturated heterocycles. The summed E-state index contributed by atoms with van der Waals surface area (Å²) in [7, 11) is 0. The highest BCUT2D eigenvalue weighted by Gasteiger charge is 2.37. The Morgan fingerprint density at radius 3 is 2.76 bits per heavy atom. The van der Waals surface area contributed by atoms with Crippen LogP contribution in [0.1, 0.15) is 40.0 Å². The van der Waals surface area contributed by atoms with Crippen LogP contribution in [-0.4, -0.2) is 42.8 Å². The lowest BCUT2D eigenvalue weighted by atomic mass is 9.78. The van der Waals surface area contributed by atoms with E-state index in [1.807, 2.05) is 0 Å². The molecule has 0 aromatic carbocycles. The van der Waals surface area contributed by atoms with E-state index in [4.69, 9.17) is 10.5 Å². The molecular weight excluding hydrogens is 212 g/mol. The first kappa shape index (κ1) is 13.3. The Hall–Kier alpha value is -0.120.